The summed E-state index contributed by atoms with van der Waals surface area (Å²) in [6.45, 7) is 2.07. The molecule has 0 saturated carbocycles. The molecule has 1 heterocycles. The van der Waals surface area contributed by atoms with Crippen LogP contribution in [0, 0.1) is 6.92 Å². The molecule has 1 N–H and O–H groups in total. The fourth-order valence-corrected chi connectivity index (χ4v) is 2.10. The Kier molecular flexibility index (Phi) is 4.25. The summed E-state index contributed by atoms with van der Waals surface area (Å²) < 4.78 is 0. The maximum atomic E-state index is 4.26. The van der Waals surface area contributed by atoms with Gasteiger partial charge in [0, 0.05) is 12.4 Å². The number of nitrogens with zero attached hydrogens (tertiary/aromatic N) is 2. The van der Waals surface area contributed by atoms with E-state index in [1.807, 2.05) is 48.8 Å². The number of rotatable bonds is 4. The van der Waals surface area contributed by atoms with E-state index in [0.717, 1.165) is 22.4 Å². The van der Waals surface area contributed by atoms with Crippen LogP contribution in [0.25, 0.3) is 11.1 Å². The van der Waals surface area contributed by atoms with Crippen molar-refractivity contribution in [2.75, 3.05) is 5.43 Å². The molecule has 0 aliphatic rings. The molecular formula is C19H17N3. The zero-order valence-electron chi connectivity index (χ0n) is 12.4. The molecule has 3 aromatic rings. The third kappa shape index (κ3) is 3.58. The van der Waals surface area contributed by atoms with Gasteiger partial charge in [-0.2, -0.15) is 5.10 Å². The molecule has 22 heavy (non-hydrogen) atoms. The number of aromatic nitrogens is 1. The highest BCUT2D eigenvalue weighted by Crippen LogP contribution is 2.20. The topological polar surface area (TPSA) is 37.3 Å². The van der Waals surface area contributed by atoms with Gasteiger partial charge in [0.15, 0.2) is 0 Å². The number of aryl methyl sites for hydroxylation is 1. The van der Waals surface area contributed by atoms with Crippen molar-refractivity contribution in [1.82, 2.24) is 4.98 Å². The Morgan fingerprint density at radius 3 is 2.36 bits per heavy atom. The van der Waals surface area contributed by atoms with Crippen LogP contribution in [0.15, 0.2) is 78.2 Å². The molecule has 1 aromatic heterocycles. The van der Waals surface area contributed by atoms with Gasteiger partial charge in [-0.15, -0.1) is 0 Å². The second-order valence-electron chi connectivity index (χ2n) is 5.10. The Bertz CT molecular complexity index is 745. The van der Waals surface area contributed by atoms with Crippen molar-refractivity contribution in [2.24, 2.45) is 5.10 Å². The van der Waals surface area contributed by atoms with E-state index in [1.165, 1.54) is 5.56 Å². The molecule has 0 aliphatic heterocycles. The lowest BCUT2D eigenvalue weighted by Gasteiger charge is -2.03. The molecule has 0 fully saturated rings. The van der Waals surface area contributed by atoms with Crippen LogP contribution in [0.2, 0.25) is 0 Å². The van der Waals surface area contributed by atoms with Crippen molar-refractivity contribution in [3.63, 3.8) is 0 Å². The minimum atomic E-state index is 0.955. The van der Waals surface area contributed by atoms with E-state index in [4.69, 9.17) is 0 Å². The Hall–Kier alpha value is -2.94. The summed E-state index contributed by atoms with van der Waals surface area (Å²) in [6.07, 6.45) is 5.45. The quantitative estimate of drug-likeness (QED) is 0.566. The first-order valence-corrected chi connectivity index (χ1v) is 7.17. The molecule has 2 aromatic carbocycles. The monoisotopic (exact) mass is 287 g/mol. The van der Waals surface area contributed by atoms with Crippen LogP contribution < -0.4 is 5.43 Å². The third-order valence-corrected chi connectivity index (χ3v) is 3.36. The molecule has 3 heteroatoms. The van der Waals surface area contributed by atoms with Crippen LogP contribution in [-0.4, -0.2) is 11.2 Å². The van der Waals surface area contributed by atoms with Crippen molar-refractivity contribution in [2.45, 2.75) is 6.92 Å². The fourth-order valence-electron chi connectivity index (χ4n) is 2.10. The highest BCUT2D eigenvalue weighted by Gasteiger charge is 1.97. The lowest BCUT2D eigenvalue weighted by atomic mass is 10.1. The predicted octanol–water partition coefficient (Wildman–Crippen LogP) is 4.50. The van der Waals surface area contributed by atoms with Gasteiger partial charge in [-0.05, 0) is 41.8 Å². The number of benzene rings is 2. The van der Waals surface area contributed by atoms with Gasteiger partial charge in [0.25, 0.3) is 0 Å². The molecule has 0 atom stereocenters. The predicted molar refractivity (Wildman–Crippen MR) is 92.1 cm³/mol. The van der Waals surface area contributed by atoms with E-state index in [9.17, 15) is 0 Å². The van der Waals surface area contributed by atoms with E-state index in [0.29, 0.717) is 0 Å². The number of hydrogen-bond donors (Lipinski definition) is 1. The van der Waals surface area contributed by atoms with Gasteiger partial charge in [-0.25, -0.2) is 0 Å². The summed E-state index contributed by atoms with van der Waals surface area (Å²) in [5, 5.41) is 4.26. The maximum absolute atomic E-state index is 4.26. The minimum absolute atomic E-state index is 0.955. The van der Waals surface area contributed by atoms with Gasteiger partial charge in [-0.3, -0.25) is 10.4 Å². The van der Waals surface area contributed by atoms with Gasteiger partial charge < -0.3 is 0 Å². The highest BCUT2D eigenvalue weighted by atomic mass is 15.3. The summed E-state index contributed by atoms with van der Waals surface area (Å²) in [5.41, 5.74) is 8.56. The zero-order valence-corrected chi connectivity index (χ0v) is 12.4. The number of anilines is 1. The molecule has 0 bridgehead atoms. The van der Waals surface area contributed by atoms with Gasteiger partial charge in [0.05, 0.1) is 11.9 Å². The van der Waals surface area contributed by atoms with E-state index in [-0.39, 0.29) is 0 Å². The molecule has 108 valence electrons. The summed E-state index contributed by atoms with van der Waals surface area (Å²) in [6, 6.07) is 20.4. The lowest BCUT2D eigenvalue weighted by molar-refractivity contribution is 1.32. The van der Waals surface area contributed by atoms with E-state index < -0.39 is 0 Å². The minimum Gasteiger partial charge on any atom is -0.279 e. The van der Waals surface area contributed by atoms with Crippen molar-refractivity contribution >= 4 is 11.9 Å². The molecule has 0 aliphatic carbocycles. The summed E-state index contributed by atoms with van der Waals surface area (Å²) >= 11 is 0. The van der Waals surface area contributed by atoms with Gasteiger partial charge in [0.2, 0.25) is 0 Å². The highest BCUT2D eigenvalue weighted by molar-refractivity contribution is 5.80. The Labute approximate surface area is 130 Å². The van der Waals surface area contributed by atoms with E-state index in [1.54, 1.807) is 6.20 Å². The number of hydrogen-bond acceptors (Lipinski definition) is 3. The van der Waals surface area contributed by atoms with Crippen molar-refractivity contribution < 1.29 is 0 Å². The molecular weight excluding hydrogens is 270 g/mol. The van der Waals surface area contributed by atoms with Crippen LogP contribution in [0.5, 0.6) is 0 Å². The van der Waals surface area contributed by atoms with Crippen LogP contribution in [0.3, 0.4) is 0 Å². The number of pyridine rings is 1. The third-order valence-electron chi connectivity index (χ3n) is 3.36. The maximum Gasteiger partial charge on any atom is 0.0562 e. The van der Waals surface area contributed by atoms with Gasteiger partial charge in [-0.1, -0.05) is 48.0 Å². The Morgan fingerprint density at radius 2 is 1.68 bits per heavy atom. The van der Waals surface area contributed by atoms with E-state index >= 15 is 0 Å². The summed E-state index contributed by atoms with van der Waals surface area (Å²) in [4.78, 5) is 4.13. The van der Waals surface area contributed by atoms with Gasteiger partial charge >= 0.3 is 0 Å². The molecule has 0 unspecified atom stereocenters. The van der Waals surface area contributed by atoms with Crippen LogP contribution in [-0.2, 0) is 0 Å². The summed E-state index contributed by atoms with van der Waals surface area (Å²) in [5.74, 6) is 0. The van der Waals surface area contributed by atoms with E-state index in [2.05, 4.69) is 46.7 Å². The largest absolute Gasteiger partial charge is 0.279 e. The average Bonchev–Trinajstić information content (AvgIpc) is 2.58. The lowest BCUT2D eigenvalue weighted by Crippen LogP contribution is -1.90. The zero-order chi connectivity index (χ0) is 15.2. The van der Waals surface area contributed by atoms with Crippen molar-refractivity contribution in [3.05, 3.63) is 84.2 Å². The standard InChI is InChI=1S/C19H17N3/c1-15-4-6-16(7-5-15)13-21-22-19-10-8-17(9-11-19)18-3-2-12-20-14-18/h2-14,22H,1H3/b21-13+. The van der Waals surface area contributed by atoms with Crippen molar-refractivity contribution in [3.8, 4) is 11.1 Å². The number of nitrogens with one attached hydrogen (secondary N) is 1. The molecule has 0 amide bonds. The Morgan fingerprint density at radius 1 is 0.909 bits per heavy atom. The smallest absolute Gasteiger partial charge is 0.0562 e. The molecule has 3 nitrogen and oxygen atoms in total. The second kappa shape index (κ2) is 6.68. The van der Waals surface area contributed by atoms with Crippen LogP contribution in [0.4, 0.5) is 5.69 Å². The average molecular weight is 287 g/mol. The van der Waals surface area contributed by atoms with Gasteiger partial charge in [0.1, 0.15) is 0 Å². The first kappa shape index (κ1) is 14.0. The number of hydrazone groups is 1. The first-order chi connectivity index (χ1) is 10.8. The molecule has 0 spiro atoms. The molecule has 0 saturated heterocycles. The van der Waals surface area contributed by atoms with Crippen molar-refractivity contribution in [1.29, 1.82) is 0 Å². The molecule has 0 radical (unpaired) electrons. The molecule has 3 rings (SSSR count). The SMILES string of the molecule is Cc1ccc(/C=N/Nc2ccc(-c3cccnc3)cc2)cc1. The Balaban J connectivity index is 1.65. The second-order valence-corrected chi connectivity index (χ2v) is 5.10. The fraction of sp³-hybridized carbons (Fsp3) is 0.0526. The first-order valence-electron chi connectivity index (χ1n) is 7.17. The van der Waals surface area contributed by atoms with Crippen LogP contribution >= 0.6 is 0 Å². The summed E-state index contributed by atoms with van der Waals surface area (Å²) in [7, 11) is 0. The van der Waals surface area contributed by atoms with Crippen LogP contribution in [0.1, 0.15) is 11.1 Å². The normalized spacial score (nSPS) is 10.8.